The first-order valence-corrected chi connectivity index (χ1v) is 11.2. The average Bonchev–Trinajstić information content (AvgIpc) is 2.82. The Morgan fingerprint density at radius 2 is 2.09 bits per heavy atom. The standard InChI is InChI=1S/C24H28ClFN4O2/c1-2-6-28-22-13-18-16-27-17-30(19-4-5-21(26)20(25)14-19)23(18)15-24(22)32-10-3-7-29-8-11-31-12-9-29/h2,4-6,13-16,28H,3,7-12,17H2,1H3. The Labute approximate surface area is 193 Å². The predicted octanol–water partition coefficient (Wildman–Crippen LogP) is 5.05. The van der Waals surface area contributed by atoms with Crippen LogP contribution in [0.25, 0.3) is 0 Å². The molecule has 6 nitrogen and oxygen atoms in total. The van der Waals surface area contributed by atoms with Crippen LogP contribution >= 0.6 is 11.6 Å². The Balaban J connectivity index is 1.54. The van der Waals surface area contributed by atoms with Gasteiger partial charge in [-0.15, -0.1) is 0 Å². The van der Waals surface area contributed by atoms with Crippen LogP contribution in [0.3, 0.4) is 0 Å². The van der Waals surface area contributed by atoms with E-state index in [0.717, 1.165) is 67.6 Å². The van der Waals surface area contributed by atoms with Gasteiger partial charge >= 0.3 is 0 Å². The Morgan fingerprint density at radius 1 is 1.25 bits per heavy atom. The quantitative estimate of drug-likeness (QED) is 0.561. The Bertz CT molecular complexity index is 992. The summed E-state index contributed by atoms with van der Waals surface area (Å²) in [4.78, 5) is 8.87. The number of nitrogens with zero attached hydrogens (tertiary/aromatic N) is 3. The van der Waals surface area contributed by atoms with Crippen molar-refractivity contribution in [2.24, 2.45) is 4.99 Å². The number of rotatable bonds is 8. The summed E-state index contributed by atoms with van der Waals surface area (Å²) in [5, 5.41) is 3.38. The first-order chi connectivity index (χ1) is 15.7. The van der Waals surface area contributed by atoms with E-state index in [1.807, 2.05) is 42.4 Å². The lowest BCUT2D eigenvalue weighted by molar-refractivity contribution is 0.0358. The summed E-state index contributed by atoms with van der Waals surface area (Å²) in [5.74, 6) is 0.323. The number of ether oxygens (including phenoxy) is 2. The van der Waals surface area contributed by atoms with Crippen molar-refractivity contribution in [3.8, 4) is 5.75 Å². The first kappa shape index (κ1) is 22.6. The summed E-state index contributed by atoms with van der Waals surface area (Å²) in [5.41, 5.74) is 3.54. The Morgan fingerprint density at radius 3 is 2.88 bits per heavy atom. The van der Waals surface area contributed by atoms with E-state index >= 15 is 0 Å². The maximum absolute atomic E-state index is 13.7. The van der Waals surface area contributed by atoms with Gasteiger partial charge in [-0.1, -0.05) is 17.7 Å². The number of halogens is 2. The van der Waals surface area contributed by atoms with Crippen LogP contribution in [0.4, 0.5) is 21.5 Å². The molecule has 0 aliphatic carbocycles. The minimum atomic E-state index is -0.439. The molecule has 0 radical (unpaired) electrons. The van der Waals surface area contributed by atoms with Gasteiger partial charge in [0.15, 0.2) is 0 Å². The van der Waals surface area contributed by atoms with Crippen LogP contribution < -0.4 is 15.0 Å². The fraction of sp³-hybridized carbons (Fsp3) is 0.375. The molecule has 8 heteroatoms. The summed E-state index contributed by atoms with van der Waals surface area (Å²) in [7, 11) is 0. The molecule has 0 amide bonds. The van der Waals surface area contributed by atoms with Crippen LogP contribution in [0.15, 0.2) is 47.6 Å². The zero-order chi connectivity index (χ0) is 22.3. The van der Waals surface area contributed by atoms with Gasteiger partial charge in [0, 0.05) is 43.2 Å². The third-order valence-corrected chi connectivity index (χ3v) is 5.76. The zero-order valence-electron chi connectivity index (χ0n) is 18.2. The largest absolute Gasteiger partial charge is 0.491 e. The maximum atomic E-state index is 13.7. The fourth-order valence-corrected chi connectivity index (χ4v) is 3.97. The highest BCUT2D eigenvalue weighted by molar-refractivity contribution is 6.31. The number of hydrogen-bond acceptors (Lipinski definition) is 6. The fourth-order valence-electron chi connectivity index (χ4n) is 3.79. The van der Waals surface area contributed by atoms with E-state index in [0.29, 0.717) is 13.3 Å². The molecule has 0 atom stereocenters. The van der Waals surface area contributed by atoms with Gasteiger partial charge in [0.2, 0.25) is 0 Å². The molecule has 0 unspecified atom stereocenters. The van der Waals surface area contributed by atoms with Gasteiger partial charge in [0.25, 0.3) is 0 Å². The number of morpholine rings is 1. The van der Waals surface area contributed by atoms with E-state index in [2.05, 4.69) is 15.2 Å². The SMILES string of the molecule is CC=CNc1cc2c(cc1OCCCN1CCOCC1)N(c1ccc(F)c(Cl)c1)CN=C2. The predicted molar refractivity (Wildman–Crippen MR) is 128 cm³/mol. The summed E-state index contributed by atoms with van der Waals surface area (Å²) < 4.78 is 25.3. The smallest absolute Gasteiger partial charge is 0.144 e. The molecule has 2 heterocycles. The molecule has 4 rings (SSSR count). The van der Waals surface area contributed by atoms with Gasteiger partial charge in [-0.25, -0.2) is 4.39 Å². The van der Waals surface area contributed by atoms with Crippen molar-refractivity contribution in [2.45, 2.75) is 13.3 Å². The number of anilines is 3. The maximum Gasteiger partial charge on any atom is 0.144 e. The number of benzene rings is 2. The van der Waals surface area contributed by atoms with Gasteiger partial charge < -0.3 is 19.7 Å². The third-order valence-electron chi connectivity index (χ3n) is 5.47. The normalized spacial score (nSPS) is 16.4. The van der Waals surface area contributed by atoms with E-state index < -0.39 is 5.82 Å². The molecule has 0 aromatic heterocycles. The third kappa shape index (κ3) is 5.41. The van der Waals surface area contributed by atoms with Crippen molar-refractivity contribution < 1.29 is 13.9 Å². The highest BCUT2D eigenvalue weighted by Crippen LogP contribution is 2.38. The lowest BCUT2D eigenvalue weighted by Gasteiger charge is -2.29. The zero-order valence-corrected chi connectivity index (χ0v) is 18.9. The number of nitrogens with one attached hydrogen (secondary N) is 1. The molecule has 0 bridgehead atoms. The molecule has 0 saturated carbocycles. The van der Waals surface area contributed by atoms with Crippen LogP contribution in [0, 0.1) is 5.82 Å². The van der Waals surface area contributed by atoms with Gasteiger partial charge in [-0.3, -0.25) is 9.89 Å². The van der Waals surface area contributed by atoms with Crippen LogP contribution in [0.5, 0.6) is 5.75 Å². The summed E-state index contributed by atoms with van der Waals surface area (Å²) in [6.07, 6.45) is 6.58. The highest BCUT2D eigenvalue weighted by atomic mass is 35.5. The van der Waals surface area contributed by atoms with Crippen molar-refractivity contribution in [3.05, 3.63) is 59.0 Å². The van der Waals surface area contributed by atoms with Crippen molar-refractivity contribution in [1.82, 2.24) is 4.90 Å². The van der Waals surface area contributed by atoms with Crippen LogP contribution in [0.1, 0.15) is 18.9 Å². The topological polar surface area (TPSA) is 49.3 Å². The number of fused-ring (bicyclic) bond motifs is 1. The second-order valence-corrected chi connectivity index (χ2v) is 8.09. The molecule has 2 aromatic carbocycles. The molecule has 2 aromatic rings. The van der Waals surface area contributed by atoms with Gasteiger partial charge in [-0.2, -0.15) is 0 Å². The highest BCUT2D eigenvalue weighted by Gasteiger charge is 2.20. The second-order valence-electron chi connectivity index (χ2n) is 7.69. The number of aliphatic imine (C=N–C) groups is 1. The lowest BCUT2D eigenvalue weighted by atomic mass is 10.1. The molecule has 1 fully saturated rings. The summed E-state index contributed by atoms with van der Waals surface area (Å²) in [6.45, 7) is 7.52. The van der Waals surface area contributed by atoms with Crippen LogP contribution in [0.2, 0.25) is 5.02 Å². The lowest BCUT2D eigenvalue weighted by Crippen LogP contribution is -2.37. The minimum absolute atomic E-state index is 0.0876. The summed E-state index contributed by atoms with van der Waals surface area (Å²) in [6, 6.07) is 8.74. The molecular weight excluding hydrogens is 431 g/mol. The van der Waals surface area contributed by atoms with Crippen LogP contribution in [-0.4, -0.2) is 57.2 Å². The van der Waals surface area contributed by atoms with E-state index in [-0.39, 0.29) is 5.02 Å². The number of hydrogen-bond donors (Lipinski definition) is 1. The molecule has 0 spiro atoms. The molecule has 32 heavy (non-hydrogen) atoms. The van der Waals surface area contributed by atoms with Crippen molar-refractivity contribution in [1.29, 1.82) is 0 Å². The van der Waals surface area contributed by atoms with Crippen LogP contribution in [-0.2, 0) is 4.74 Å². The minimum Gasteiger partial charge on any atom is -0.491 e. The molecule has 1 N–H and O–H groups in total. The summed E-state index contributed by atoms with van der Waals surface area (Å²) >= 11 is 6.03. The molecule has 2 aliphatic heterocycles. The van der Waals surface area contributed by atoms with Crippen molar-refractivity contribution >= 4 is 34.9 Å². The Kier molecular flexibility index (Phi) is 7.63. The number of allylic oxidation sites excluding steroid dienone is 1. The van der Waals surface area contributed by atoms with Crippen molar-refractivity contribution in [3.63, 3.8) is 0 Å². The molecule has 2 aliphatic rings. The first-order valence-electron chi connectivity index (χ1n) is 10.9. The van der Waals surface area contributed by atoms with E-state index in [1.165, 1.54) is 6.07 Å². The van der Waals surface area contributed by atoms with Gasteiger partial charge in [-0.05, 0) is 43.8 Å². The van der Waals surface area contributed by atoms with Crippen molar-refractivity contribution in [2.75, 3.05) is 56.3 Å². The van der Waals surface area contributed by atoms with E-state index in [1.54, 1.807) is 12.1 Å². The van der Waals surface area contributed by atoms with E-state index in [4.69, 9.17) is 21.1 Å². The Hall–Kier alpha value is -2.61. The monoisotopic (exact) mass is 458 g/mol. The molecular formula is C24H28ClFN4O2. The molecule has 1 saturated heterocycles. The van der Waals surface area contributed by atoms with Gasteiger partial charge in [0.1, 0.15) is 18.2 Å². The van der Waals surface area contributed by atoms with E-state index in [9.17, 15) is 4.39 Å². The average molecular weight is 459 g/mol. The van der Waals surface area contributed by atoms with Gasteiger partial charge in [0.05, 0.1) is 36.2 Å². The second kappa shape index (κ2) is 10.8. The molecule has 170 valence electrons.